The van der Waals surface area contributed by atoms with Crippen LogP contribution >= 0.6 is 46.8 Å². The average molecular weight is 355 g/mol. The minimum Gasteiger partial charge on any atom is -0.310 e. The van der Waals surface area contributed by atoms with Gasteiger partial charge in [0.15, 0.2) is 0 Å². The van der Waals surface area contributed by atoms with E-state index < -0.39 is 0 Å². The van der Waals surface area contributed by atoms with Crippen molar-refractivity contribution in [2.45, 2.75) is 11.7 Å². The molecule has 1 atom stereocenters. The van der Waals surface area contributed by atoms with E-state index >= 15 is 0 Å². The topological polar surface area (TPSA) is 33.2 Å². The molecule has 0 aliphatic carbocycles. The zero-order valence-electron chi connectivity index (χ0n) is 7.65. The Balaban J connectivity index is 2.38. The van der Waals surface area contributed by atoms with E-state index in [-0.39, 0.29) is 11.2 Å². The number of carbonyl (C=O) groups is 1. The third-order valence-electron chi connectivity index (χ3n) is 2.22. The Morgan fingerprint density at radius 3 is 3.00 bits per heavy atom. The molecular formula is C9H8ClIN2OS. The Bertz CT molecular complexity index is 415. The van der Waals surface area contributed by atoms with E-state index in [1.165, 1.54) is 0 Å². The zero-order chi connectivity index (χ0) is 11.0. The van der Waals surface area contributed by atoms with E-state index in [4.69, 9.17) is 11.6 Å². The predicted molar refractivity (Wildman–Crippen MR) is 71.7 cm³/mol. The van der Waals surface area contributed by atoms with Crippen LogP contribution in [0.1, 0.15) is 6.42 Å². The molecule has 0 aromatic carbocycles. The smallest absolute Gasteiger partial charge is 0.228 e. The monoisotopic (exact) mass is 354 g/mol. The van der Waals surface area contributed by atoms with Crippen molar-refractivity contribution >= 4 is 58.4 Å². The molecular weight excluding hydrogens is 347 g/mol. The van der Waals surface area contributed by atoms with Gasteiger partial charge in [0, 0.05) is 24.4 Å². The Morgan fingerprint density at radius 2 is 2.40 bits per heavy atom. The Labute approximate surface area is 112 Å². The van der Waals surface area contributed by atoms with Gasteiger partial charge < -0.3 is 4.90 Å². The molecule has 1 aromatic heterocycles. The maximum atomic E-state index is 11.7. The lowest BCUT2D eigenvalue weighted by molar-refractivity contribution is -0.117. The molecule has 0 bridgehead atoms. The van der Waals surface area contributed by atoms with Gasteiger partial charge in [0.2, 0.25) is 5.91 Å². The number of pyridine rings is 1. The fraction of sp³-hybridized carbons (Fsp3) is 0.333. The summed E-state index contributed by atoms with van der Waals surface area (Å²) in [6, 6.07) is 1.80. The summed E-state index contributed by atoms with van der Waals surface area (Å²) >= 11 is 12.3. The Morgan fingerprint density at radius 1 is 1.67 bits per heavy atom. The first kappa shape index (κ1) is 11.5. The van der Waals surface area contributed by atoms with Crippen molar-refractivity contribution in [1.82, 2.24) is 4.98 Å². The molecule has 15 heavy (non-hydrogen) atoms. The highest BCUT2D eigenvalue weighted by Gasteiger charge is 2.29. The third kappa shape index (κ3) is 2.24. The second kappa shape index (κ2) is 4.47. The fourth-order valence-corrected chi connectivity index (χ4v) is 2.62. The second-order valence-electron chi connectivity index (χ2n) is 3.30. The van der Waals surface area contributed by atoms with Crippen LogP contribution in [0.5, 0.6) is 0 Å². The molecule has 0 spiro atoms. The molecule has 1 aliphatic heterocycles. The summed E-state index contributed by atoms with van der Waals surface area (Å²) in [7, 11) is 0. The third-order valence-corrected chi connectivity index (χ3v) is 4.24. The molecule has 1 aromatic rings. The van der Waals surface area contributed by atoms with Crippen LogP contribution in [0.25, 0.3) is 0 Å². The Hall–Kier alpha value is -0.0100. The van der Waals surface area contributed by atoms with Crippen LogP contribution in [-0.4, -0.2) is 22.7 Å². The van der Waals surface area contributed by atoms with E-state index in [1.807, 2.05) is 0 Å². The molecule has 1 fully saturated rings. The van der Waals surface area contributed by atoms with Gasteiger partial charge in [0.05, 0.1) is 9.26 Å². The predicted octanol–water partition coefficient (Wildman–Crippen LogP) is 2.37. The minimum absolute atomic E-state index is 0.0928. The van der Waals surface area contributed by atoms with Gasteiger partial charge in [-0.15, -0.1) is 0 Å². The van der Waals surface area contributed by atoms with Crippen LogP contribution in [0.2, 0.25) is 5.15 Å². The summed E-state index contributed by atoms with van der Waals surface area (Å²) in [5, 5.41) is 0.545. The van der Waals surface area contributed by atoms with Crippen molar-refractivity contribution in [2.24, 2.45) is 0 Å². The number of hydrogen-bond acceptors (Lipinski definition) is 3. The van der Waals surface area contributed by atoms with Gasteiger partial charge in [-0.25, -0.2) is 4.98 Å². The van der Waals surface area contributed by atoms with Crippen molar-refractivity contribution in [3.8, 4) is 0 Å². The zero-order valence-corrected chi connectivity index (χ0v) is 11.5. The number of carbonyl (C=O) groups excluding carboxylic acids is 1. The molecule has 0 radical (unpaired) electrons. The number of nitrogens with zero attached hydrogens (tertiary/aromatic N) is 2. The minimum atomic E-state index is 0.0928. The molecule has 1 amide bonds. The van der Waals surface area contributed by atoms with Crippen molar-refractivity contribution in [3.63, 3.8) is 0 Å². The van der Waals surface area contributed by atoms with Gasteiger partial charge in [0.1, 0.15) is 5.15 Å². The first-order valence-electron chi connectivity index (χ1n) is 4.38. The van der Waals surface area contributed by atoms with Crippen LogP contribution in [0.15, 0.2) is 12.3 Å². The molecule has 1 saturated heterocycles. The lowest BCUT2D eigenvalue weighted by Crippen LogP contribution is -2.25. The number of amides is 1. The maximum Gasteiger partial charge on any atom is 0.228 e. The molecule has 80 valence electrons. The van der Waals surface area contributed by atoms with E-state index in [1.54, 1.807) is 17.2 Å². The number of halogens is 2. The highest BCUT2D eigenvalue weighted by atomic mass is 127. The lowest BCUT2D eigenvalue weighted by Gasteiger charge is -2.17. The largest absolute Gasteiger partial charge is 0.310 e. The van der Waals surface area contributed by atoms with Gasteiger partial charge in [-0.05, 0) is 28.7 Å². The molecule has 1 aliphatic rings. The van der Waals surface area contributed by atoms with Gasteiger partial charge in [-0.2, -0.15) is 12.6 Å². The standard InChI is InChI=1S/C9H8ClIN2OS/c10-9-8(11)6(1-2-12-9)13-4-5(15)3-7(13)14/h1-2,5,15H,3-4H2. The van der Waals surface area contributed by atoms with E-state index in [9.17, 15) is 4.79 Å². The highest BCUT2D eigenvalue weighted by molar-refractivity contribution is 14.1. The lowest BCUT2D eigenvalue weighted by atomic mass is 10.3. The van der Waals surface area contributed by atoms with Crippen LogP contribution in [0.4, 0.5) is 5.69 Å². The molecule has 2 heterocycles. The SMILES string of the molecule is O=C1CC(S)CN1c1ccnc(Cl)c1I. The average Bonchev–Trinajstić information content (AvgIpc) is 2.50. The Kier molecular flexibility index (Phi) is 3.42. The van der Waals surface area contributed by atoms with Crippen LogP contribution in [-0.2, 0) is 4.79 Å². The van der Waals surface area contributed by atoms with Crippen molar-refractivity contribution in [3.05, 3.63) is 21.0 Å². The molecule has 0 N–H and O–H groups in total. The molecule has 6 heteroatoms. The quantitative estimate of drug-likeness (QED) is 0.477. The van der Waals surface area contributed by atoms with Crippen LogP contribution in [0.3, 0.4) is 0 Å². The summed E-state index contributed by atoms with van der Waals surface area (Å²) in [4.78, 5) is 17.3. The van der Waals surface area contributed by atoms with Crippen molar-refractivity contribution in [1.29, 1.82) is 0 Å². The normalized spacial score (nSPS) is 21.1. The molecule has 1 unspecified atom stereocenters. The first-order chi connectivity index (χ1) is 7.09. The molecule has 0 saturated carbocycles. The van der Waals surface area contributed by atoms with Crippen molar-refractivity contribution < 1.29 is 4.79 Å². The second-order valence-corrected chi connectivity index (χ2v) is 5.46. The maximum absolute atomic E-state index is 11.7. The molecule has 2 rings (SSSR count). The number of aromatic nitrogens is 1. The number of thiol groups is 1. The summed E-state index contributed by atoms with van der Waals surface area (Å²) in [5.74, 6) is 0.0928. The summed E-state index contributed by atoms with van der Waals surface area (Å²) in [6.07, 6.45) is 2.10. The summed E-state index contributed by atoms with van der Waals surface area (Å²) in [5.41, 5.74) is 0.831. The van der Waals surface area contributed by atoms with E-state index in [2.05, 4.69) is 40.2 Å². The van der Waals surface area contributed by atoms with Crippen LogP contribution in [0, 0.1) is 3.57 Å². The molecule has 3 nitrogen and oxygen atoms in total. The van der Waals surface area contributed by atoms with Gasteiger partial charge in [-0.3, -0.25) is 4.79 Å². The van der Waals surface area contributed by atoms with Gasteiger partial charge in [0.25, 0.3) is 0 Å². The number of rotatable bonds is 1. The van der Waals surface area contributed by atoms with Gasteiger partial charge >= 0.3 is 0 Å². The highest BCUT2D eigenvalue weighted by Crippen LogP contribution is 2.31. The summed E-state index contributed by atoms with van der Waals surface area (Å²) < 4.78 is 0.813. The van der Waals surface area contributed by atoms with E-state index in [0.717, 1.165) is 9.26 Å². The first-order valence-corrected chi connectivity index (χ1v) is 6.35. The number of hydrogen-bond donors (Lipinski definition) is 1. The van der Waals surface area contributed by atoms with Gasteiger partial charge in [-0.1, -0.05) is 11.6 Å². The fourth-order valence-electron chi connectivity index (χ4n) is 1.54. The summed E-state index contributed by atoms with van der Waals surface area (Å²) in [6.45, 7) is 0.637. The van der Waals surface area contributed by atoms with Crippen LogP contribution < -0.4 is 4.90 Å². The van der Waals surface area contributed by atoms with Crippen molar-refractivity contribution in [2.75, 3.05) is 11.4 Å². The number of anilines is 1. The van der Waals surface area contributed by atoms with E-state index in [0.29, 0.717) is 18.1 Å².